The highest BCUT2D eigenvalue weighted by atomic mass is 16.5. The second-order valence-electron chi connectivity index (χ2n) is 7.08. The molecule has 0 saturated carbocycles. The number of phenolic OH excluding ortho intramolecular Hbond substituents is 1. The maximum atomic E-state index is 12.4. The van der Waals surface area contributed by atoms with Gasteiger partial charge in [-0.3, -0.25) is 9.69 Å². The lowest BCUT2D eigenvalue weighted by atomic mass is 9.98. The van der Waals surface area contributed by atoms with E-state index in [9.17, 15) is 9.90 Å². The summed E-state index contributed by atoms with van der Waals surface area (Å²) >= 11 is 0. The molecule has 146 valence electrons. The van der Waals surface area contributed by atoms with E-state index in [1.807, 2.05) is 0 Å². The number of ether oxygens (including phenoxy) is 1. The van der Waals surface area contributed by atoms with Gasteiger partial charge in [-0.2, -0.15) is 0 Å². The molecule has 3 N–H and O–H groups in total. The van der Waals surface area contributed by atoms with Crippen LogP contribution in [0.15, 0.2) is 30.3 Å². The minimum atomic E-state index is -0.177. The van der Waals surface area contributed by atoms with E-state index >= 15 is 0 Å². The van der Waals surface area contributed by atoms with Gasteiger partial charge in [-0.1, -0.05) is 19.9 Å². The van der Waals surface area contributed by atoms with Crippen LogP contribution in [0.1, 0.15) is 35.3 Å². The number of H-pyrrole nitrogens is 1. The topological polar surface area (TPSA) is 77.6 Å². The highest BCUT2D eigenvalue weighted by Gasteiger charge is 2.29. The van der Waals surface area contributed by atoms with Crippen LogP contribution in [0.5, 0.6) is 11.5 Å². The van der Waals surface area contributed by atoms with Gasteiger partial charge in [-0.25, -0.2) is 0 Å². The number of methoxy groups -OCH3 is 1. The Balaban J connectivity index is 1.80. The zero-order valence-electron chi connectivity index (χ0n) is 16.4. The fraction of sp³-hybridized carbons (Fsp3) is 0.318. The van der Waals surface area contributed by atoms with Crippen molar-refractivity contribution >= 4 is 16.8 Å². The average Bonchev–Trinajstić information content (AvgIpc) is 3.30. The van der Waals surface area contributed by atoms with Crippen LogP contribution < -0.4 is 10.1 Å². The molecular weight excluding hydrogens is 354 g/mol. The second kappa shape index (κ2) is 7.20. The molecule has 0 atom stereocenters. The molecule has 0 unspecified atom stereocenters. The van der Waals surface area contributed by atoms with E-state index in [4.69, 9.17) is 4.74 Å². The van der Waals surface area contributed by atoms with Gasteiger partial charge in [-0.15, -0.1) is 0 Å². The van der Waals surface area contributed by atoms with E-state index in [0.717, 1.165) is 41.8 Å². The Bertz CT molecular complexity index is 1050. The first kappa shape index (κ1) is 18.4. The minimum Gasteiger partial charge on any atom is -0.504 e. The van der Waals surface area contributed by atoms with Crippen molar-refractivity contribution in [2.75, 3.05) is 20.2 Å². The van der Waals surface area contributed by atoms with Crippen LogP contribution in [0.4, 0.5) is 0 Å². The Morgan fingerprint density at radius 3 is 2.68 bits per heavy atom. The first-order valence-electron chi connectivity index (χ1n) is 9.61. The van der Waals surface area contributed by atoms with Crippen molar-refractivity contribution in [2.24, 2.45) is 0 Å². The van der Waals surface area contributed by atoms with Crippen molar-refractivity contribution in [1.82, 2.24) is 15.2 Å². The Kier molecular flexibility index (Phi) is 4.73. The number of aromatic nitrogens is 1. The molecule has 0 radical (unpaired) electrons. The van der Waals surface area contributed by atoms with Gasteiger partial charge in [0.15, 0.2) is 11.5 Å². The third kappa shape index (κ3) is 2.99. The number of carbonyl (C=O) groups is 1. The fourth-order valence-electron chi connectivity index (χ4n) is 3.89. The summed E-state index contributed by atoms with van der Waals surface area (Å²) in [5, 5.41) is 14.3. The van der Waals surface area contributed by atoms with Crippen LogP contribution in [-0.2, 0) is 13.1 Å². The molecule has 0 bridgehead atoms. The van der Waals surface area contributed by atoms with Gasteiger partial charge in [0.1, 0.15) is 0 Å². The summed E-state index contributed by atoms with van der Waals surface area (Å²) in [6.07, 6.45) is 0. The summed E-state index contributed by atoms with van der Waals surface area (Å²) in [5.74, 6) is 0.215. The van der Waals surface area contributed by atoms with Gasteiger partial charge in [0.05, 0.1) is 12.7 Å². The van der Waals surface area contributed by atoms with Crippen LogP contribution in [0.2, 0.25) is 0 Å². The molecule has 2 heterocycles. The average molecular weight is 379 g/mol. The molecule has 6 heteroatoms. The largest absolute Gasteiger partial charge is 0.504 e. The van der Waals surface area contributed by atoms with Crippen molar-refractivity contribution in [2.45, 2.75) is 26.9 Å². The molecule has 0 aliphatic carbocycles. The number of nitrogens with one attached hydrogen (secondary N) is 2. The molecule has 0 fully saturated rings. The normalized spacial score (nSPS) is 13.2. The fourth-order valence-corrected chi connectivity index (χ4v) is 3.89. The van der Waals surface area contributed by atoms with Gasteiger partial charge in [0.25, 0.3) is 5.91 Å². The van der Waals surface area contributed by atoms with Crippen molar-refractivity contribution in [3.63, 3.8) is 0 Å². The van der Waals surface area contributed by atoms with Crippen LogP contribution >= 0.6 is 0 Å². The number of amides is 1. The number of hydrogen-bond donors (Lipinski definition) is 3. The molecule has 0 spiro atoms. The first-order valence-corrected chi connectivity index (χ1v) is 9.61. The van der Waals surface area contributed by atoms with Crippen molar-refractivity contribution in [3.05, 3.63) is 47.0 Å². The number of rotatable bonds is 6. The van der Waals surface area contributed by atoms with E-state index in [1.54, 1.807) is 6.07 Å². The number of benzene rings is 2. The van der Waals surface area contributed by atoms with Crippen LogP contribution in [-0.4, -0.2) is 41.1 Å². The highest BCUT2D eigenvalue weighted by molar-refractivity contribution is 6.06. The van der Waals surface area contributed by atoms with E-state index in [0.29, 0.717) is 23.4 Å². The van der Waals surface area contributed by atoms with Gasteiger partial charge in [-0.05, 0) is 42.9 Å². The summed E-state index contributed by atoms with van der Waals surface area (Å²) in [4.78, 5) is 18.2. The monoisotopic (exact) mass is 379 g/mol. The molecule has 0 saturated heterocycles. The zero-order valence-corrected chi connectivity index (χ0v) is 16.4. The Morgan fingerprint density at radius 2 is 1.96 bits per heavy atom. The third-order valence-corrected chi connectivity index (χ3v) is 5.51. The number of fused-ring (bicyclic) bond motifs is 2. The number of aromatic amines is 1. The van der Waals surface area contributed by atoms with Gasteiger partial charge in [0.2, 0.25) is 0 Å². The number of hydrogen-bond acceptors (Lipinski definition) is 4. The molecule has 3 aromatic rings. The van der Waals surface area contributed by atoms with Gasteiger partial charge >= 0.3 is 0 Å². The third-order valence-electron chi connectivity index (χ3n) is 5.51. The smallest absolute Gasteiger partial charge is 0.252 e. The second-order valence-corrected chi connectivity index (χ2v) is 7.08. The molecule has 1 amide bonds. The first-order chi connectivity index (χ1) is 13.5. The maximum absolute atomic E-state index is 12.4. The van der Waals surface area contributed by atoms with E-state index in [1.165, 1.54) is 12.7 Å². The molecule has 2 aromatic carbocycles. The van der Waals surface area contributed by atoms with Gasteiger partial charge < -0.3 is 20.1 Å². The molecule has 6 nitrogen and oxygen atoms in total. The molecule has 4 rings (SSSR count). The number of phenols is 1. The predicted molar refractivity (Wildman–Crippen MR) is 110 cm³/mol. The van der Waals surface area contributed by atoms with Gasteiger partial charge in [0, 0.05) is 40.8 Å². The summed E-state index contributed by atoms with van der Waals surface area (Å²) < 4.78 is 5.32. The molecule has 1 aliphatic rings. The lowest BCUT2D eigenvalue weighted by Crippen LogP contribution is -2.21. The molecule has 28 heavy (non-hydrogen) atoms. The van der Waals surface area contributed by atoms with E-state index < -0.39 is 0 Å². The van der Waals surface area contributed by atoms with E-state index in [2.05, 4.69) is 53.3 Å². The predicted octanol–water partition coefficient (Wildman–Crippen LogP) is 3.63. The summed E-state index contributed by atoms with van der Waals surface area (Å²) in [6.45, 7) is 7.58. The maximum Gasteiger partial charge on any atom is 0.252 e. The van der Waals surface area contributed by atoms with Crippen LogP contribution in [0.25, 0.3) is 22.2 Å². The quantitative estimate of drug-likeness (QED) is 0.611. The Morgan fingerprint density at radius 1 is 1.18 bits per heavy atom. The van der Waals surface area contributed by atoms with Crippen molar-refractivity contribution in [3.8, 4) is 22.8 Å². The Labute approximate surface area is 164 Å². The van der Waals surface area contributed by atoms with E-state index in [-0.39, 0.29) is 11.7 Å². The lowest BCUT2D eigenvalue weighted by molar-refractivity contribution is 0.0966. The standard InChI is InChI=1S/C22H25N3O3/c1-4-25(5-2)12-13-6-7-17-14(8-13)9-18(24-17)15-10-19(28-3)21(26)16-11-23-22(27)20(15)16/h6-10,24,26H,4-5,11-12H2,1-3H3,(H,23,27). The molecule has 1 aliphatic heterocycles. The number of aromatic hydroxyl groups is 1. The van der Waals surface area contributed by atoms with Crippen LogP contribution in [0, 0.1) is 0 Å². The molecule has 1 aromatic heterocycles. The molecular formula is C22H25N3O3. The summed E-state index contributed by atoms with van der Waals surface area (Å²) in [5.41, 5.74) is 4.93. The zero-order chi connectivity index (χ0) is 19.8. The number of carbonyl (C=O) groups excluding carboxylic acids is 1. The summed E-state index contributed by atoms with van der Waals surface area (Å²) in [7, 11) is 1.51. The van der Waals surface area contributed by atoms with Crippen LogP contribution in [0.3, 0.4) is 0 Å². The van der Waals surface area contributed by atoms with Crippen molar-refractivity contribution < 1.29 is 14.6 Å². The Hall–Kier alpha value is -2.99. The summed E-state index contributed by atoms with van der Waals surface area (Å²) in [6, 6.07) is 10.2. The lowest BCUT2D eigenvalue weighted by Gasteiger charge is -2.17. The number of nitrogens with zero attached hydrogens (tertiary/aromatic N) is 1. The highest BCUT2D eigenvalue weighted by Crippen LogP contribution is 2.41. The van der Waals surface area contributed by atoms with Crippen molar-refractivity contribution in [1.29, 1.82) is 0 Å². The minimum absolute atomic E-state index is 0.0252. The SMILES string of the molecule is CCN(CC)Cc1ccc2[nH]c(-c3cc(OC)c(O)c4c3C(=O)NC4)cc2c1.